The molecule has 0 aliphatic carbocycles. The van der Waals surface area contributed by atoms with Crippen LogP contribution in [0.2, 0.25) is 0 Å². The lowest BCUT2D eigenvalue weighted by atomic mass is 10.2. The SMILES string of the molecule is CCC(O)CNN1CCCCC1. The first kappa shape index (κ1) is 9.96. The van der Waals surface area contributed by atoms with Gasteiger partial charge in [-0.15, -0.1) is 0 Å². The average molecular weight is 172 g/mol. The number of hydrazine groups is 1. The van der Waals surface area contributed by atoms with E-state index >= 15 is 0 Å². The Kier molecular flexibility index (Phi) is 4.58. The average Bonchev–Trinajstić information content (AvgIpc) is 2.16. The number of piperidine rings is 1. The van der Waals surface area contributed by atoms with Crippen LogP contribution in [-0.4, -0.2) is 35.9 Å². The van der Waals surface area contributed by atoms with Gasteiger partial charge >= 0.3 is 0 Å². The summed E-state index contributed by atoms with van der Waals surface area (Å²) in [6.07, 6.45) is 4.58. The van der Waals surface area contributed by atoms with E-state index in [-0.39, 0.29) is 6.10 Å². The maximum atomic E-state index is 9.30. The van der Waals surface area contributed by atoms with Crippen LogP contribution >= 0.6 is 0 Å². The van der Waals surface area contributed by atoms with Crippen molar-refractivity contribution in [3.05, 3.63) is 0 Å². The van der Waals surface area contributed by atoms with Crippen LogP contribution < -0.4 is 5.43 Å². The molecule has 0 spiro atoms. The first-order chi connectivity index (χ1) is 5.83. The molecular weight excluding hydrogens is 152 g/mol. The third-order valence-corrected chi connectivity index (χ3v) is 2.38. The molecule has 0 saturated carbocycles. The van der Waals surface area contributed by atoms with Gasteiger partial charge in [0.25, 0.3) is 0 Å². The van der Waals surface area contributed by atoms with Gasteiger partial charge in [-0.3, -0.25) is 5.43 Å². The molecule has 1 rings (SSSR count). The molecule has 0 radical (unpaired) electrons. The summed E-state index contributed by atoms with van der Waals surface area (Å²) in [6.45, 7) is 4.98. The molecule has 0 bridgehead atoms. The van der Waals surface area contributed by atoms with Crippen molar-refractivity contribution in [1.29, 1.82) is 0 Å². The molecule has 0 amide bonds. The summed E-state index contributed by atoms with van der Waals surface area (Å²) in [4.78, 5) is 0. The smallest absolute Gasteiger partial charge is 0.0676 e. The molecule has 0 aromatic carbocycles. The van der Waals surface area contributed by atoms with Gasteiger partial charge in [-0.2, -0.15) is 0 Å². The lowest BCUT2D eigenvalue weighted by molar-refractivity contribution is 0.0975. The predicted octanol–water partition coefficient (Wildman–Crippen LogP) is 0.748. The zero-order valence-electron chi connectivity index (χ0n) is 7.92. The van der Waals surface area contributed by atoms with E-state index in [4.69, 9.17) is 0 Å². The van der Waals surface area contributed by atoms with E-state index in [9.17, 15) is 5.11 Å². The summed E-state index contributed by atoms with van der Waals surface area (Å²) in [5.74, 6) is 0. The first-order valence-corrected chi connectivity index (χ1v) is 4.99. The van der Waals surface area contributed by atoms with E-state index in [1.54, 1.807) is 0 Å². The fraction of sp³-hybridized carbons (Fsp3) is 1.00. The summed E-state index contributed by atoms with van der Waals surface area (Å²) in [5, 5.41) is 11.5. The summed E-state index contributed by atoms with van der Waals surface area (Å²) in [7, 11) is 0. The number of nitrogens with zero attached hydrogens (tertiary/aromatic N) is 1. The second kappa shape index (κ2) is 5.51. The van der Waals surface area contributed by atoms with Crippen LogP contribution in [0.1, 0.15) is 32.6 Å². The molecule has 1 fully saturated rings. The fourth-order valence-electron chi connectivity index (χ4n) is 1.43. The topological polar surface area (TPSA) is 35.5 Å². The van der Waals surface area contributed by atoms with Crippen LogP contribution in [0.3, 0.4) is 0 Å². The molecule has 1 aliphatic rings. The molecular formula is C9H20N2O. The minimum Gasteiger partial charge on any atom is -0.392 e. The second-order valence-electron chi connectivity index (χ2n) is 3.47. The Morgan fingerprint density at radius 2 is 2.00 bits per heavy atom. The van der Waals surface area contributed by atoms with Crippen LogP contribution in [-0.2, 0) is 0 Å². The van der Waals surface area contributed by atoms with Crippen LogP contribution in [0.4, 0.5) is 0 Å². The Bertz CT molecular complexity index is 113. The minimum absolute atomic E-state index is 0.188. The van der Waals surface area contributed by atoms with Gasteiger partial charge in [0.2, 0.25) is 0 Å². The Morgan fingerprint density at radius 1 is 1.33 bits per heavy atom. The number of rotatable bonds is 4. The van der Waals surface area contributed by atoms with E-state index in [1.807, 2.05) is 6.92 Å². The number of hydrogen-bond donors (Lipinski definition) is 2. The van der Waals surface area contributed by atoms with Crippen molar-refractivity contribution in [1.82, 2.24) is 10.4 Å². The zero-order chi connectivity index (χ0) is 8.81. The van der Waals surface area contributed by atoms with Crippen LogP contribution in [0, 0.1) is 0 Å². The van der Waals surface area contributed by atoms with Crippen molar-refractivity contribution in [2.45, 2.75) is 38.7 Å². The molecule has 1 atom stereocenters. The Morgan fingerprint density at radius 3 is 2.58 bits per heavy atom. The number of nitrogens with one attached hydrogen (secondary N) is 1. The van der Waals surface area contributed by atoms with Gasteiger partial charge in [-0.05, 0) is 19.3 Å². The Balaban J connectivity index is 2.05. The van der Waals surface area contributed by atoms with Crippen molar-refractivity contribution in [3.8, 4) is 0 Å². The molecule has 72 valence electrons. The van der Waals surface area contributed by atoms with Crippen molar-refractivity contribution >= 4 is 0 Å². The van der Waals surface area contributed by atoms with Crippen molar-refractivity contribution in [2.75, 3.05) is 19.6 Å². The first-order valence-electron chi connectivity index (χ1n) is 4.99. The molecule has 0 aromatic rings. The van der Waals surface area contributed by atoms with Crippen molar-refractivity contribution in [2.24, 2.45) is 0 Å². The fourth-order valence-corrected chi connectivity index (χ4v) is 1.43. The number of aliphatic hydroxyl groups is 1. The molecule has 1 saturated heterocycles. The summed E-state index contributed by atoms with van der Waals surface area (Å²) in [5.41, 5.74) is 3.26. The number of aliphatic hydroxyl groups excluding tert-OH is 1. The Hall–Kier alpha value is -0.120. The van der Waals surface area contributed by atoms with Gasteiger partial charge < -0.3 is 5.11 Å². The van der Waals surface area contributed by atoms with Gasteiger partial charge in [-0.1, -0.05) is 13.3 Å². The van der Waals surface area contributed by atoms with Gasteiger partial charge in [0.1, 0.15) is 0 Å². The molecule has 12 heavy (non-hydrogen) atoms. The van der Waals surface area contributed by atoms with Gasteiger partial charge in [-0.25, -0.2) is 5.01 Å². The third kappa shape index (κ3) is 3.52. The molecule has 3 heteroatoms. The van der Waals surface area contributed by atoms with Crippen molar-refractivity contribution in [3.63, 3.8) is 0 Å². The zero-order valence-corrected chi connectivity index (χ0v) is 7.92. The van der Waals surface area contributed by atoms with Gasteiger partial charge in [0.15, 0.2) is 0 Å². The summed E-state index contributed by atoms with van der Waals surface area (Å²) >= 11 is 0. The standard InChI is InChI=1S/C9H20N2O/c1-2-9(12)8-10-11-6-4-3-5-7-11/h9-10,12H,2-8H2,1H3. The van der Waals surface area contributed by atoms with Crippen LogP contribution in [0.5, 0.6) is 0 Å². The van der Waals surface area contributed by atoms with E-state index in [1.165, 1.54) is 19.3 Å². The maximum Gasteiger partial charge on any atom is 0.0676 e. The predicted molar refractivity (Wildman–Crippen MR) is 49.7 cm³/mol. The largest absolute Gasteiger partial charge is 0.392 e. The lowest BCUT2D eigenvalue weighted by Crippen LogP contribution is -2.44. The second-order valence-corrected chi connectivity index (χ2v) is 3.47. The number of hydrogen-bond acceptors (Lipinski definition) is 3. The molecule has 1 heterocycles. The minimum atomic E-state index is -0.188. The Labute approximate surface area is 74.7 Å². The highest BCUT2D eigenvalue weighted by atomic mass is 16.3. The van der Waals surface area contributed by atoms with E-state index in [2.05, 4.69) is 10.4 Å². The third-order valence-electron chi connectivity index (χ3n) is 2.38. The van der Waals surface area contributed by atoms with E-state index in [0.717, 1.165) is 19.5 Å². The van der Waals surface area contributed by atoms with Crippen LogP contribution in [0.15, 0.2) is 0 Å². The monoisotopic (exact) mass is 172 g/mol. The molecule has 2 N–H and O–H groups in total. The lowest BCUT2D eigenvalue weighted by Gasteiger charge is -2.27. The molecule has 0 aromatic heterocycles. The summed E-state index contributed by atoms with van der Waals surface area (Å²) in [6, 6.07) is 0. The molecule has 1 unspecified atom stereocenters. The van der Waals surface area contributed by atoms with Crippen LogP contribution in [0.25, 0.3) is 0 Å². The highest BCUT2D eigenvalue weighted by Crippen LogP contribution is 2.05. The normalized spacial score (nSPS) is 22.5. The highest BCUT2D eigenvalue weighted by Gasteiger charge is 2.10. The van der Waals surface area contributed by atoms with Crippen molar-refractivity contribution < 1.29 is 5.11 Å². The van der Waals surface area contributed by atoms with E-state index in [0.29, 0.717) is 6.54 Å². The highest BCUT2D eigenvalue weighted by molar-refractivity contribution is 4.62. The molecule has 3 nitrogen and oxygen atoms in total. The van der Waals surface area contributed by atoms with Gasteiger partial charge in [0, 0.05) is 19.6 Å². The van der Waals surface area contributed by atoms with E-state index < -0.39 is 0 Å². The molecule has 1 aliphatic heterocycles. The quantitative estimate of drug-likeness (QED) is 0.657. The summed E-state index contributed by atoms with van der Waals surface area (Å²) < 4.78 is 0. The maximum absolute atomic E-state index is 9.30. The van der Waals surface area contributed by atoms with Gasteiger partial charge in [0.05, 0.1) is 6.10 Å².